The van der Waals surface area contributed by atoms with Crippen molar-refractivity contribution in [2.45, 2.75) is 22.2 Å². The third-order valence-corrected chi connectivity index (χ3v) is 14.6. The molecule has 0 spiro atoms. The van der Waals surface area contributed by atoms with E-state index in [1.807, 2.05) is 24.3 Å². The molecule has 1 atom stereocenters. The molecule has 2 nitrogen and oxygen atoms in total. The number of hydrogen-bond acceptors (Lipinski definition) is 1. The van der Waals surface area contributed by atoms with Crippen LogP contribution >= 0.6 is 0 Å². The van der Waals surface area contributed by atoms with Gasteiger partial charge in [0.2, 0.25) is 0 Å². The maximum atomic E-state index is 11.4. The van der Waals surface area contributed by atoms with E-state index in [1.54, 1.807) is 6.07 Å². The van der Waals surface area contributed by atoms with Gasteiger partial charge in [0.05, 0.1) is 0 Å². The standard InChI is InChI=1S/C7H5O2.C7H7.C3H7.Sn.H/c8-7(9)6-4-2-1-3-5-6;1-7-5-3-2-4-6-7;1-3-2;;/h1-4H,(H,8,9);2-6H,1H2;3H,1-2H3;;. The van der Waals surface area contributed by atoms with Gasteiger partial charge in [-0.05, 0) is 0 Å². The molecular formula is C17H20O2Sn. The first-order chi connectivity index (χ1) is 9.59. The predicted molar refractivity (Wildman–Crippen MR) is 85.4 cm³/mol. The molecule has 0 saturated carbocycles. The molecule has 104 valence electrons. The second kappa shape index (κ2) is 6.93. The van der Waals surface area contributed by atoms with Crippen molar-refractivity contribution in [3.8, 4) is 0 Å². The number of carboxylic acid groups (broad SMARTS) is 1. The van der Waals surface area contributed by atoms with Crippen LogP contribution < -0.4 is 3.58 Å². The zero-order chi connectivity index (χ0) is 14.5. The van der Waals surface area contributed by atoms with E-state index in [2.05, 4.69) is 38.1 Å². The van der Waals surface area contributed by atoms with E-state index in [1.165, 1.54) is 5.56 Å². The third kappa shape index (κ3) is 3.63. The molecule has 2 rings (SSSR count). The van der Waals surface area contributed by atoms with Crippen molar-refractivity contribution in [3.05, 3.63) is 65.7 Å². The van der Waals surface area contributed by atoms with E-state index < -0.39 is 25.7 Å². The average Bonchev–Trinajstić information content (AvgIpc) is 2.45. The summed E-state index contributed by atoms with van der Waals surface area (Å²) in [5.74, 6) is -0.795. The van der Waals surface area contributed by atoms with Crippen LogP contribution in [0.1, 0.15) is 29.8 Å². The van der Waals surface area contributed by atoms with Gasteiger partial charge < -0.3 is 0 Å². The summed E-state index contributed by atoms with van der Waals surface area (Å²) < 4.78 is 2.81. The van der Waals surface area contributed by atoms with Crippen LogP contribution in [0.25, 0.3) is 0 Å². The number of aromatic carboxylic acids is 1. The minimum atomic E-state index is -2.18. The second-order valence-electron chi connectivity index (χ2n) is 5.43. The Morgan fingerprint density at radius 2 is 1.65 bits per heavy atom. The Morgan fingerprint density at radius 1 is 1.05 bits per heavy atom. The van der Waals surface area contributed by atoms with Crippen molar-refractivity contribution in [2.24, 2.45) is 0 Å². The van der Waals surface area contributed by atoms with Gasteiger partial charge >= 0.3 is 127 Å². The van der Waals surface area contributed by atoms with Crippen LogP contribution in [-0.2, 0) is 4.44 Å². The van der Waals surface area contributed by atoms with Crippen LogP contribution in [0.3, 0.4) is 0 Å². The number of rotatable bonds is 5. The Kier molecular flexibility index (Phi) is 5.23. The SMILES string of the molecule is C[CH](C)[SnH]([CH2]c1ccccc1)[c]1ccccc1C(=O)O. The van der Waals surface area contributed by atoms with Gasteiger partial charge in [0.1, 0.15) is 0 Å². The topological polar surface area (TPSA) is 37.3 Å². The zero-order valence-corrected chi connectivity index (χ0v) is 15.2. The summed E-state index contributed by atoms with van der Waals surface area (Å²) in [6.45, 7) is 4.48. The molecule has 20 heavy (non-hydrogen) atoms. The number of benzene rings is 2. The summed E-state index contributed by atoms with van der Waals surface area (Å²) in [6.07, 6.45) is 0. The predicted octanol–water partition coefficient (Wildman–Crippen LogP) is 3.01. The molecule has 0 amide bonds. The van der Waals surface area contributed by atoms with Crippen molar-refractivity contribution >= 4 is 29.3 Å². The summed E-state index contributed by atoms with van der Waals surface area (Å²) in [5.41, 5.74) is 1.85. The summed E-state index contributed by atoms with van der Waals surface area (Å²) in [5, 5.41) is 9.40. The maximum absolute atomic E-state index is 11.4. The normalized spacial score (nSPS) is 12.3. The van der Waals surface area contributed by atoms with Crippen LogP contribution in [0.2, 0.25) is 3.93 Å². The molecule has 2 aromatic rings. The molecule has 0 heterocycles. The molecule has 1 unspecified atom stereocenters. The van der Waals surface area contributed by atoms with Gasteiger partial charge in [0.25, 0.3) is 0 Å². The second-order valence-corrected chi connectivity index (χ2v) is 15.6. The Balaban J connectivity index is 2.37. The summed E-state index contributed by atoms with van der Waals surface area (Å²) in [6, 6.07) is 18.0. The van der Waals surface area contributed by atoms with Crippen molar-refractivity contribution in [1.82, 2.24) is 0 Å². The van der Waals surface area contributed by atoms with Gasteiger partial charge in [-0.2, -0.15) is 0 Å². The summed E-state index contributed by atoms with van der Waals surface area (Å²) in [4.78, 5) is 11.4. The van der Waals surface area contributed by atoms with Crippen LogP contribution in [0.4, 0.5) is 0 Å². The Bertz CT molecular complexity index is 579. The Labute approximate surface area is 127 Å². The van der Waals surface area contributed by atoms with Gasteiger partial charge in [0.15, 0.2) is 0 Å². The minimum absolute atomic E-state index is 0.512. The van der Waals surface area contributed by atoms with Crippen molar-refractivity contribution in [3.63, 3.8) is 0 Å². The monoisotopic (exact) mass is 376 g/mol. The molecular weight excluding hydrogens is 355 g/mol. The molecule has 1 N–H and O–H groups in total. The van der Waals surface area contributed by atoms with E-state index >= 15 is 0 Å². The molecule has 0 bridgehead atoms. The fourth-order valence-corrected chi connectivity index (χ4v) is 11.6. The van der Waals surface area contributed by atoms with Crippen molar-refractivity contribution in [1.29, 1.82) is 0 Å². The molecule has 2 aromatic carbocycles. The van der Waals surface area contributed by atoms with Crippen LogP contribution in [0.15, 0.2) is 54.6 Å². The number of hydrogen-bond donors (Lipinski definition) is 1. The zero-order valence-electron chi connectivity index (χ0n) is 11.9. The van der Waals surface area contributed by atoms with Gasteiger partial charge in [-0.25, -0.2) is 0 Å². The molecule has 0 aliphatic rings. The molecule has 0 aliphatic heterocycles. The molecule has 0 saturated heterocycles. The molecule has 0 radical (unpaired) electrons. The quantitative estimate of drug-likeness (QED) is 0.817. The number of carbonyl (C=O) groups is 1. The molecule has 0 fully saturated rings. The van der Waals surface area contributed by atoms with E-state index in [4.69, 9.17) is 0 Å². The fourth-order valence-electron chi connectivity index (χ4n) is 2.59. The van der Waals surface area contributed by atoms with Crippen LogP contribution in [-0.4, -0.2) is 30.8 Å². The van der Waals surface area contributed by atoms with E-state index in [0.29, 0.717) is 9.50 Å². The van der Waals surface area contributed by atoms with Crippen molar-refractivity contribution in [2.75, 3.05) is 0 Å². The number of carboxylic acids is 1. The summed E-state index contributed by atoms with van der Waals surface area (Å²) in [7, 11) is 0. The first-order valence-electron chi connectivity index (χ1n) is 6.95. The fraction of sp³-hybridized carbons (Fsp3) is 0.235. The summed E-state index contributed by atoms with van der Waals surface area (Å²) >= 11 is -2.18. The van der Waals surface area contributed by atoms with E-state index in [0.717, 1.165) is 8.02 Å². The van der Waals surface area contributed by atoms with Crippen LogP contribution in [0.5, 0.6) is 0 Å². The molecule has 0 aromatic heterocycles. The Morgan fingerprint density at radius 3 is 2.25 bits per heavy atom. The first kappa shape index (κ1) is 15.1. The molecule has 3 heteroatoms. The van der Waals surface area contributed by atoms with E-state index in [-0.39, 0.29) is 0 Å². The van der Waals surface area contributed by atoms with Crippen molar-refractivity contribution < 1.29 is 9.90 Å². The average molecular weight is 375 g/mol. The van der Waals surface area contributed by atoms with Gasteiger partial charge in [0, 0.05) is 0 Å². The van der Waals surface area contributed by atoms with Gasteiger partial charge in [-0.15, -0.1) is 0 Å². The first-order valence-corrected chi connectivity index (χ1v) is 12.8. The van der Waals surface area contributed by atoms with Gasteiger partial charge in [-0.3, -0.25) is 0 Å². The third-order valence-electron chi connectivity index (χ3n) is 3.69. The van der Waals surface area contributed by atoms with E-state index in [9.17, 15) is 9.90 Å². The van der Waals surface area contributed by atoms with Crippen LogP contribution in [0, 0.1) is 0 Å². The Hall–Kier alpha value is -1.29. The van der Waals surface area contributed by atoms with Gasteiger partial charge in [-0.1, -0.05) is 0 Å². The molecule has 0 aliphatic carbocycles.